The fourth-order valence-electron chi connectivity index (χ4n) is 2.20. The molecule has 0 saturated heterocycles. The number of carbonyl (C=O) groups is 1. The fraction of sp³-hybridized carbons (Fsp3) is 0.125. The first-order chi connectivity index (χ1) is 10.3. The minimum absolute atomic E-state index is 0.00171. The Kier molecular flexibility index (Phi) is 3.66. The second-order valence-corrected chi connectivity index (χ2v) is 4.83. The molecule has 0 spiro atoms. The van der Waals surface area contributed by atoms with Crippen molar-refractivity contribution in [3.63, 3.8) is 0 Å². The normalized spacial score (nSPS) is 10.7. The number of aromatic amines is 1. The van der Waals surface area contributed by atoms with E-state index in [1.807, 2.05) is 30.3 Å². The topological polar surface area (TPSA) is 78.0 Å². The number of hydrogen-bond acceptors (Lipinski definition) is 3. The van der Waals surface area contributed by atoms with Crippen LogP contribution in [0.25, 0.3) is 10.9 Å². The number of aliphatic hydroxyl groups excluding tert-OH is 1. The van der Waals surface area contributed by atoms with Crippen LogP contribution in [0, 0.1) is 0 Å². The van der Waals surface area contributed by atoms with Gasteiger partial charge in [-0.25, -0.2) is 0 Å². The van der Waals surface area contributed by atoms with Crippen molar-refractivity contribution in [1.82, 2.24) is 15.5 Å². The molecule has 0 aliphatic heterocycles. The van der Waals surface area contributed by atoms with Crippen molar-refractivity contribution in [1.29, 1.82) is 0 Å². The third-order valence-corrected chi connectivity index (χ3v) is 3.33. The molecule has 0 aliphatic carbocycles. The molecule has 0 aliphatic rings. The molecule has 0 fully saturated rings. The number of aliphatic hydroxyl groups is 1. The molecule has 1 heterocycles. The van der Waals surface area contributed by atoms with Gasteiger partial charge in [-0.05, 0) is 23.3 Å². The Hall–Kier alpha value is -2.66. The average Bonchev–Trinajstić information content (AvgIpc) is 3.00. The van der Waals surface area contributed by atoms with E-state index in [0.29, 0.717) is 12.1 Å². The predicted octanol–water partition coefficient (Wildman–Crippen LogP) is 1.99. The summed E-state index contributed by atoms with van der Waals surface area (Å²) in [6, 6.07) is 12.9. The smallest absolute Gasteiger partial charge is 0.251 e. The van der Waals surface area contributed by atoms with Crippen LogP contribution in [0.2, 0.25) is 0 Å². The van der Waals surface area contributed by atoms with Crippen molar-refractivity contribution in [3.05, 3.63) is 65.4 Å². The molecule has 0 unspecified atom stereocenters. The molecule has 0 radical (unpaired) electrons. The van der Waals surface area contributed by atoms with Gasteiger partial charge in [0.1, 0.15) is 0 Å². The molecule has 1 amide bonds. The van der Waals surface area contributed by atoms with Crippen molar-refractivity contribution in [2.24, 2.45) is 0 Å². The molecular formula is C16H15N3O2. The van der Waals surface area contributed by atoms with E-state index in [9.17, 15) is 4.79 Å². The maximum atomic E-state index is 12.1. The van der Waals surface area contributed by atoms with Gasteiger partial charge in [0.15, 0.2) is 0 Å². The van der Waals surface area contributed by atoms with Gasteiger partial charge in [-0.2, -0.15) is 5.10 Å². The van der Waals surface area contributed by atoms with E-state index in [4.69, 9.17) is 5.11 Å². The van der Waals surface area contributed by atoms with Crippen LogP contribution in [0.1, 0.15) is 21.5 Å². The number of H-pyrrole nitrogens is 1. The van der Waals surface area contributed by atoms with E-state index >= 15 is 0 Å². The van der Waals surface area contributed by atoms with Crippen LogP contribution in [0.5, 0.6) is 0 Å². The molecule has 3 rings (SSSR count). The fourth-order valence-corrected chi connectivity index (χ4v) is 2.20. The lowest BCUT2D eigenvalue weighted by Crippen LogP contribution is -2.22. The van der Waals surface area contributed by atoms with Gasteiger partial charge in [-0.1, -0.05) is 30.3 Å². The lowest BCUT2D eigenvalue weighted by molar-refractivity contribution is 0.0951. The summed E-state index contributed by atoms with van der Waals surface area (Å²) in [5.41, 5.74) is 3.22. The van der Waals surface area contributed by atoms with Crippen molar-refractivity contribution in [3.8, 4) is 0 Å². The minimum atomic E-state index is -0.138. The average molecular weight is 281 g/mol. The van der Waals surface area contributed by atoms with Crippen LogP contribution in [0.15, 0.2) is 48.7 Å². The zero-order valence-corrected chi connectivity index (χ0v) is 11.3. The summed E-state index contributed by atoms with van der Waals surface area (Å²) in [7, 11) is 0. The summed E-state index contributed by atoms with van der Waals surface area (Å²) in [5.74, 6) is -0.138. The van der Waals surface area contributed by atoms with Gasteiger partial charge < -0.3 is 10.4 Å². The number of amides is 1. The molecule has 5 nitrogen and oxygen atoms in total. The van der Waals surface area contributed by atoms with Crippen molar-refractivity contribution in [2.75, 3.05) is 0 Å². The molecule has 5 heteroatoms. The number of carbonyl (C=O) groups excluding carboxylic acids is 1. The maximum Gasteiger partial charge on any atom is 0.251 e. The number of rotatable bonds is 4. The van der Waals surface area contributed by atoms with Crippen molar-refractivity contribution >= 4 is 16.8 Å². The van der Waals surface area contributed by atoms with Gasteiger partial charge in [-0.3, -0.25) is 9.89 Å². The molecule has 0 bridgehead atoms. The number of fused-ring (bicyclic) bond motifs is 1. The van der Waals surface area contributed by atoms with Gasteiger partial charge in [0.25, 0.3) is 5.91 Å². The number of hydrogen-bond donors (Lipinski definition) is 3. The summed E-state index contributed by atoms with van der Waals surface area (Å²) in [6.07, 6.45) is 1.72. The van der Waals surface area contributed by atoms with Crippen LogP contribution in [-0.2, 0) is 13.2 Å². The van der Waals surface area contributed by atoms with Crippen molar-refractivity contribution in [2.45, 2.75) is 13.2 Å². The van der Waals surface area contributed by atoms with Crippen LogP contribution < -0.4 is 5.32 Å². The highest BCUT2D eigenvalue weighted by atomic mass is 16.3. The Morgan fingerprint density at radius 1 is 1.19 bits per heavy atom. The number of aromatic nitrogens is 2. The number of nitrogens with zero attached hydrogens (tertiary/aromatic N) is 1. The van der Waals surface area contributed by atoms with Crippen molar-refractivity contribution < 1.29 is 9.90 Å². The molecule has 106 valence electrons. The Bertz CT molecular complexity index is 780. The van der Waals surface area contributed by atoms with E-state index in [0.717, 1.165) is 22.0 Å². The van der Waals surface area contributed by atoms with E-state index in [2.05, 4.69) is 15.5 Å². The van der Waals surface area contributed by atoms with Gasteiger partial charge in [0.2, 0.25) is 0 Å². The zero-order valence-electron chi connectivity index (χ0n) is 11.3. The molecular weight excluding hydrogens is 266 g/mol. The van der Waals surface area contributed by atoms with Gasteiger partial charge in [0.05, 0.1) is 18.3 Å². The lowest BCUT2D eigenvalue weighted by Gasteiger charge is -2.07. The second kappa shape index (κ2) is 5.76. The second-order valence-electron chi connectivity index (χ2n) is 4.83. The molecule has 21 heavy (non-hydrogen) atoms. The SMILES string of the molecule is O=C(NCc1cccc(CO)c1)c1ccc2cn[nH]c2c1. The quantitative estimate of drug-likeness (QED) is 0.684. The highest BCUT2D eigenvalue weighted by Gasteiger charge is 2.07. The molecule has 1 aromatic heterocycles. The van der Waals surface area contributed by atoms with E-state index in [-0.39, 0.29) is 12.5 Å². The minimum Gasteiger partial charge on any atom is -0.392 e. The van der Waals surface area contributed by atoms with Crippen LogP contribution in [0.4, 0.5) is 0 Å². The summed E-state index contributed by atoms with van der Waals surface area (Å²) in [6.45, 7) is 0.423. The Balaban J connectivity index is 1.70. The third-order valence-electron chi connectivity index (χ3n) is 3.33. The molecule has 3 aromatic rings. The number of nitrogens with one attached hydrogen (secondary N) is 2. The van der Waals surface area contributed by atoms with Gasteiger partial charge in [-0.15, -0.1) is 0 Å². The van der Waals surface area contributed by atoms with Gasteiger partial charge >= 0.3 is 0 Å². The molecule has 0 atom stereocenters. The summed E-state index contributed by atoms with van der Waals surface area (Å²) in [4.78, 5) is 12.1. The zero-order chi connectivity index (χ0) is 14.7. The van der Waals surface area contributed by atoms with E-state index in [1.165, 1.54) is 0 Å². The monoisotopic (exact) mass is 281 g/mol. The third kappa shape index (κ3) is 2.93. The Labute approximate surface area is 121 Å². The van der Waals surface area contributed by atoms with Gasteiger partial charge in [0, 0.05) is 17.5 Å². The highest BCUT2D eigenvalue weighted by Crippen LogP contribution is 2.13. The Morgan fingerprint density at radius 3 is 2.90 bits per heavy atom. The van der Waals surface area contributed by atoms with E-state index < -0.39 is 0 Å². The standard InChI is InChI=1S/C16H15N3O2/c20-10-12-3-1-2-11(6-12)8-17-16(21)13-4-5-14-9-18-19-15(14)7-13/h1-7,9,20H,8,10H2,(H,17,21)(H,18,19). The Morgan fingerprint density at radius 2 is 2.05 bits per heavy atom. The summed E-state index contributed by atoms with van der Waals surface area (Å²) >= 11 is 0. The first-order valence-corrected chi connectivity index (χ1v) is 6.66. The van der Waals surface area contributed by atoms with Crippen LogP contribution in [0.3, 0.4) is 0 Å². The van der Waals surface area contributed by atoms with E-state index in [1.54, 1.807) is 18.3 Å². The molecule has 2 aromatic carbocycles. The largest absolute Gasteiger partial charge is 0.392 e. The molecule has 0 saturated carbocycles. The maximum absolute atomic E-state index is 12.1. The predicted molar refractivity (Wildman–Crippen MR) is 79.6 cm³/mol. The highest BCUT2D eigenvalue weighted by molar-refractivity contribution is 5.97. The first kappa shape index (κ1) is 13.3. The summed E-state index contributed by atoms with van der Waals surface area (Å²) < 4.78 is 0. The van der Waals surface area contributed by atoms with Crippen LogP contribution >= 0.6 is 0 Å². The number of benzene rings is 2. The first-order valence-electron chi connectivity index (χ1n) is 6.66. The molecule has 3 N–H and O–H groups in total. The van der Waals surface area contributed by atoms with Crippen LogP contribution in [-0.4, -0.2) is 21.2 Å². The lowest BCUT2D eigenvalue weighted by atomic mass is 10.1. The summed E-state index contributed by atoms with van der Waals surface area (Å²) in [5, 5.41) is 19.7.